The molecule has 4 heteroatoms. The topological polar surface area (TPSA) is 34.9 Å². The van der Waals surface area contributed by atoms with Gasteiger partial charge in [0.05, 0.1) is 5.39 Å². The van der Waals surface area contributed by atoms with Gasteiger partial charge >= 0.3 is 0 Å². The van der Waals surface area contributed by atoms with Crippen molar-refractivity contribution in [1.82, 2.24) is 9.55 Å². The van der Waals surface area contributed by atoms with Crippen LogP contribution in [-0.2, 0) is 6.54 Å². The van der Waals surface area contributed by atoms with E-state index in [1.165, 1.54) is 6.42 Å². The van der Waals surface area contributed by atoms with Crippen molar-refractivity contribution in [3.05, 3.63) is 27.1 Å². The maximum absolute atomic E-state index is 12.3. The van der Waals surface area contributed by atoms with Gasteiger partial charge in [0, 0.05) is 11.4 Å². The molecule has 0 aliphatic carbocycles. The van der Waals surface area contributed by atoms with Crippen LogP contribution in [0.4, 0.5) is 0 Å². The molecule has 2 aromatic rings. The van der Waals surface area contributed by atoms with Crippen LogP contribution in [0.5, 0.6) is 0 Å². The smallest absolute Gasteiger partial charge is 0.262 e. The van der Waals surface area contributed by atoms with Crippen LogP contribution in [0.2, 0.25) is 0 Å². The summed E-state index contributed by atoms with van der Waals surface area (Å²) in [6.07, 6.45) is 3.38. The summed E-state index contributed by atoms with van der Waals surface area (Å²) in [5.74, 6) is 0.834. The van der Waals surface area contributed by atoms with Crippen LogP contribution in [0.1, 0.15) is 36.9 Å². The molecule has 3 nitrogen and oxygen atoms in total. The third-order valence-corrected chi connectivity index (χ3v) is 3.89. The SMILES string of the molecule is CCCCCn1c(C)nc2sc(C)cc2c1=O. The van der Waals surface area contributed by atoms with Gasteiger partial charge in [-0.25, -0.2) is 4.98 Å². The Bertz CT molecular complexity index is 583. The minimum absolute atomic E-state index is 0.118. The van der Waals surface area contributed by atoms with Gasteiger partial charge in [0.2, 0.25) is 0 Å². The molecule has 0 bridgehead atoms. The highest BCUT2D eigenvalue weighted by molar-refractivity contribution is 7.18. The molecule has 0 saturated carbocycles. The number of fused-ring (bicyclic) bond motifs is 1. The highest BCUT2D eigenvalue weighted by Gasteiger charge is 2.09. The number of rotatable bonds is 4. The largest absolute Gasteiger partial charge is 0.296 e. The Morgan fingerprint density at radius 1 is 1.35 bits per heavy atom. The number of unbranched alkanes of at least 4 members (excludes halogenated alkanes) is 2. The molecule has 0 aliphatic rings. The van der Waals surface area contributed by atoms with Crippen molar-refractivity contribution >= 4 is 21.6 Å². The number of thiophene rings is 1. The predicted octanol–water partition coefficient (Wildman–Crippen LogP) is 3.27. The second-order valence-corrected chi connectivity index (χ2v) is 5.63. The molecule has 0 atom stereocenters. The molecule has 0 amide bonds. The standard InChI is InChI=1S/C13H18N2OS/c1-4-5-6-7-15-10(3)14-12-11(13(15)16)8-9(2)17-12/h8H,4-7H2,1-3H3. The second kappa shape index (κ2) is 5.00. The van der Waals surface area contributed by atoms with Gasteiger partial charge in [-0.1, -0.05) is 19.8 Å². The van der Waals surface area contributed by atoms with E-state index in [0.29, 0.717) is 0 Å². The molecule has 2 heterocycles. The molecule has 17 heavy (non-hydrogen) atoms. The van der Waals surface area contributed by atoms with Crippen molar-refractivity contribution in [2.75, 3.05) is 0 Å². The summed E-state index contributed by atoms with van der Waals surface area (Å²) in [7, 11) is 0. The Hall–Kier alpha value is -1.16. The monoisotopic (exact) mass is 250 g/mol. The molecule has 0 fully saturated rings. The molecule has 92 valence electrons. The fourth-order valence-electron chi connectivity index (χ4n) is 2.02. The number of hydrogen-bond donors (Lipinski definition) is 0. The molecule has 0 aliphatic heterocycles. The summed E-state index contributed by atoms with van der Waals surface area (Å²) >= 11 is 1.59. The molecule has 0 N–H and O–H groups in total. The second-order valence-electron chi connectivity index (χ2n) is 4.40. The predicted molar refractivity (Wildman–Crippen MR) is 72.9 cm³/mol. The maximum atomic E-state index is 12.3. The lowest BCUT2D eigenvalue weighted by molar-refractivity contribution is 0.570. The van der Waals surface area contributed by atoms with Crippen LogP contribution < -0.4 is 5.56 Å². The third kappa shape index (κ3) is 2.41. The van der Waals surface area contributed by atoms with Gasteiger partial charge < -0.3 is 0 Å². The van der Waals surface area contributed by atoms with Gasteiger partial charge in [0.1, 0.15) is 10.7 Å². The Labute approximate surface area is 105 Å². The molecular weight excluding hydrogens is 232 g/mol. The maximum Gasteiger partial charge on any atom is 0.262 e. The van der Waals surface area contributed by atoms with E-state index < -0.39 is 0 Å². The minimum atomic E-state index is 0.118. The van der Waals surface area contributed by atoms with Gasteiger partial charge in [0.25, 0.3) is 5.56 Å². The Kier molecular flexibility index (Phi) is 3.62. The first-order chi connectivity index (χ1) is 8.13. The molecule has 0 spiro atoms. The molecule has 2 rings (SSSR count). The summed E-state index contributed by atoms with van der Waals surface area (Å²) in [4.78, 5) is 18.8. The van der Waals surface area contributed by atoms with Gasteiger partial charge in [0.15, 0.2) is 0 Å². The van der Waals surface area contributed by atoms with Crippen molar-refractivity contribution < 1.29 is 0 Å². The van der Waals surface area contributed by atoms with Crippen LogP contribution >= 0.6 is 11.3 Å². The van der Waals surface area contributed by atoms with Gasteiger partial charge in [-0.05, 0) is 26.3 Å². The van der Waals surface area contributed by atoms with Gasteiger partial charge in [-0.3, -0.25) is 9.36 Å². The van der Waals surface area contributed by atoms with Crippen molar-refractivity contribution in [3.8, 4) is 0 Å². The van der Waals surface area contributed by atoms with E-state index in [0.717, 1.165) is 40.3 Å². The summed E-state index contributed by atoms with van der Waals surface area (Å²) < 4.78 is 1.81. The van der Waals surface area contributed by atoms with E-state index >= 15 is 0 Å². The lowest BCUT2D eigenvalue weighted by Gasteiger charge is -2.08. The highest BCUT2D eigenvalue weighted by atomic mass is 32.1. The van der Waals surface area contributed by atoms with Crippen molar-refractivity contribution in [1.29, 1.82) is 0 Å². The van der Waals surface area contributed by atoms with E-state index in [-0.39, 0.29) is 5.56 Å². The van der Waals surface area contributed by atoms with E-state index in [1.54, 1.807) is 11.3 Å². The summed E-state index contributed by atoms with van der Waals surface area (Å²) in [6, 6.07) is 1.95. The molecular formula is C13H18N2OS. The Morgan fingerprint density at radius 2 is 2.12 bits per heavy atom. The number of aryl methyl sites for hydroxylation is 2. The summed E-state index contributed by atoms with van der Waals surface area (Å²) in [5, 5.41) is 0.773. The van der Waals surface area contributed by atoms with E-state index in [2.05, 4.69) is 11.9 Å². The fourth-order valence-corrected chi connectivity index (χ4v) is 2.94. The zero-order valence-corrected chi connectivity index (χ0v) is 11.4. The van der Waals surface area contributed by atoms with Crippen molar-refractivity contribution in [3.63, 3.8) is 0 Å². The van der Waals surface area contributed by atoms with Crippen LogP contribution in [0.15, 0.2) is 10.9 Å². The molecule has 0 aromatic carbocycles. The quantitative estimate of drug-likeness (QED) is 0.781. The lowest BCUT2D eigenvalue weighted by Crippen LogP contribution is -2.23. The summed E-state index contributed by atoms with van der Waals surface area (Å²) in [5.41, 5.74) is 0.118. The lowest BCUT2D eigenvalue weighted by atomic mass is 10.2. The molecule has 0 unspecified atom stereocenters. The number of hydrogen-bond acceptors (Lipinski definition) is 3. The van der Waals surface area contributed by atoms with Crippen molar-refractivity contribution in [2.45, 2.75) is 46.6 Å². The normalized spacial score (nSPS) is 11.2. The number of aromatic nitrogens is 2. The summed E-state index contributed by atoms with van der Waals surface area (Å²) in [6.45, 7) is 6.89. The number of nitrogens with zero attached hydrogens (tertiary/aromatic N) is 2. The zero-order chi connectivity index (χ0) is 12.4. The molecule has 2 aromatic heterocycles. The minimum Gasteiger partial charge on any atom is -0.296 e. The zero-order valence-electron chi connectivity index (χ0n) is 10.6. The first kappa shape index (κ1) is 12.3. The van der Waals surface area contributed by atoms with Crippen LogP contribution in [-0.4, -0.2) is 9.55 Å². The third-order valence-electron chi connectivity index (χ3n) is 2.95. The first-order valence-electron chi connectivity index (χ1n) is 6.11. The van der Waals surface area contributed by atoms with Crippen LogP contribution in [0.25, 0.3) is 10.2 Å². The average molecular weight is 250 g/mol. The Morgan fingerprint density at radius 3 is 2.82 bits per heavy atom. The van der Waals surface area contributed by atoms with Crippen LogP contribution in [0, 0.1) is 13.8 Å². The molecule has 0 radical (unpaired) electrons. The molecule has 0 saturated heterocycles. The van der Waals surface area contributed by atoms with Crippen LogP contribution in [0.3, 0.4) is 0 Å². The fraction of sp³-hybridized carbons (Fsp3) is 0.538. The Balaban J connectivity index is 2.44. The van der Waals surface area contributed by atoms with E-state index in [9.17, 15) is 4.79 Å². The van der Waals surface area contributed by atoms with E-state index in [1.807, 2.05) is 24.5 Å². The van der Waals surface area contributed by atoms with Gasteiger partial charge in [-0.15, -0.1) is 11.3 Å². The first-order valence-corrected chi connectivity index (χ1v) is 6.92. The highest BCUT2D eigenvalue weighted by Crippen LogP contribution is 2.20. The van der Waals surface area contributed by atoms with E-state index in [4.69, 9.17) is 0 Å². The van der Waals surface area contributed by atoms with Crippen molar-refractivity contribution in [2.24, 2.45) is 0 Å². The van der Waals surface area contributed by atoms with Gasteiger partial charge in [-0.2, -0.15) is 0 Å². The average Bonchev–Trinajstić information content (AvgIpc) is 2.64.